The smallest absolute Gasteiger partial charge is 0.419 e. The van der Waals surface area contributed by atoms with Gasteiger partial charge in [-0.1, -0.05) is 66.7 Å². The number of hydrogen-bond donors (Lipinski definition) is 0. The molecule has 1 aromatic heterocycles. The highest BCUT2D eigenvalue weighted by atomic mass is 16.6. The minimum Gasteiger partial charge on any atom is -0.465 e. The molecule has 4 aromatic rings. The number of carbonyl (C=O) groups is 2. The minimum atomic E-state index is -0.637. The van der Waals surface area contributed by atoms with Gasteiger partial charge in [0, 0.05) is 17.5 Å². The molecule has 0 spiro atoms. The lowest BCUT2D eigenvalue weighted by Gasteiger charge is -2.19. The van der Waals surface area contributed by atoms with Gasteiger partial charge < -0.3 is 9.47 Å². The number of nitrogens with zero attached hydrogens (tertiary/aromatic N) is 2. The van der Waals surface area contributed by atoms with E-state index in [4.69, 9.17) is 9.47 Å². The predicted octanol–water partition coefficient (Wildman–Crippen LogP) is 6.85. The maximum Gasteiger partial charge on any atom is 0.419 e. The molecule has 0 saturated heterocycles. The van der Waals surface area contributed by atoms with Crippen molar-refractivity contribution in [1.29, 1.82) is 5.26 Å². The molecule has 192 valence electrons. The van der Waals surface area contributed by atoms with Crippen LogP contribution in [-0.2, 0) is 20.7 Å². The van der Waals surface area contributed by atoms with E-state index in [9.17, 15) is 14.9 Å². The van der Waals surface area contributed by atoms with Crippen molar-refractivity contribution in [3.63, 3.8) is 0 Å². The minimum absolute atomic E-state index is 0.0290. The molecule has 0 saturated carbocycles. The SMILES string of the molecule is CC(C)(C)OC(=O)n1cc(C[C@@H](C#N)CC(=O)OCC2c3ccccc3-c3ccccc32)c2ccccc21. The summed E-state index contributed by atoms with van der Waals surface area (Å²) in [4.78, 5) is 25.7. The molecule has 0 fully saturated rings. The first kappa shape index (κ1) is 25.3. The Balaban J connectivity index is 1.28. The first-order chi connectivity index (χ1) is 18.2. The molecule has 0 radical (unpaired) electrons. The van der Waals surface area contributed by atoms with Gasteiger partial charge in [0.2, 0.25) is 0 Å². The number of ether oxygens (including phenoxy) is 2. The zero-order valence-corrected chi connectivity index (χ0v) is 21.8. The molecule has 0 unspecified atom stereocenters. The van der Waals surface area contributed by atoms with Gasteiger partial charge in [0.15, 0.2) is 0 Å². The summed E-state index contributed by atoms with van der Waals surface area (Å²) in [5.41, 5.74) is 5.50. The fourth-order valence-electron chi connectivity index (χ4n) is 5.18. The van der Waals surface area contributed by atoms with E-state index in [1.165, 1.54) is 15.7 Å². The number of benzene rings is 3. The quantitative estimate of drug-likeness (QED) is 0.267. The summed E-state index contributed by atoms with van der Waals surface area (Å²) in [5, 5.41) is 10.7. The zero-order valence-electron chi connectivity index (χ0n) is 21.8. The van der Waals surface area contributed by atoms with Gasteiger partial charge in [0.25, 0.3) is 0 Å². The lowest BCUT2D eigenvalue weighted by Crippen LogP contribution is -2.26. The maximum absolute atomic E-state index is 12.9. The zero-order chi connectivity index (χ0) is 26.9. The Morgan fingerprint density at radius 3 is 2.18 bits per heavy atom. The summed E-state index contributed by atoms with van der Waals surface area (Å²) in [5.74, 6) is -1.03. The first-order valence-corrected chi connectivity index (χ1v) is 12.8. The van der Waals surface area contributed by atoms with E-state index in [-0.39, 0.29) is 18.9 Å². The highest BCUT2D eigenvalue weighted by Crippen LogP contribution is 2.44. The molecular weight excluding hydrogens is 476 g/mol. The lowest BCUT2D eigenvalue weighted by atomic mass is 9.96. The number of nitriles is 1. The third-order valence-corrected chi connectivity index (χ3v) is 6.82. The Labute approximate surface area is 222 Å². The molecule has 5 rings (SSSR count). The molecule has 38 heavy (non-hydrogen) atoms. The number of hydrogen-bond acceptors (Lipinski definition) is 5. The summed E-state index contributed by atoms with van der Waals surface area (Å²) < 4.78 is 12.8. The number of aromatic nitrogens is 1. The predicted molar refractivity (Wildman–Crippen MR) is 146 cm³/mol. The molecule has 3 aromatic carbocycles. The average Bonchev–Trinajstić information content (AvgIpc) is 3.42. The monoisotopic (exact) mass is 506 g/mol. The molecule has 0 N–H and O–H groups in total. The van der Waals surface area contributed by atoms with Crippen LogP contribution in [0.2, 0.25) is 0 Å². The summed E-state index contributed by atoms with van der Waals surface area (Å²) in [6, 6.07) is 26.1. The van der Waals surface area contributed by atoms with Gasteiger partial charge in [-0.05, 0) is 61.1 Å². The fraction of sp³-hybridized carbons (Fsp3) is 0.281. The van der Waals surface area contributed by atoms with E-state index in [1.807, 2.05) is 69.3 Å². The van der Waals surface area contributed by atoms with Crippen molar-refractivity contribution in [2.45, 2.75) is 45.1 Å². The maximum atomic E-state index is 12.9. The second-order valence-corrected chi connectivity index (χ2v) is 10.7. The van der Waals surface area contributed by atoms with E-state index < -0.39 is 23.6 Å². The molecule has 0 aliphatic heterocycles. The molecule has 1 atom stereocenters. The van der Waals surface area contributed by atoms with E-state index in [0.717, 1.165) is 22.1 Å². The van der Waals surface area contributed by atoms with Crippen LogP contribution in [0.25, 0.3) is 22.0 Å². The van der Waals surface area contributed by atoms with Crippen molar-refractivity contribution in [3.8, 4) is 17.2 Å². The number of rotatable bonds is 6. The highest BCUT2D eigenvalue weighted by Gasteiger charge is 2.29. The standard InChI is InChI=1S/C32H30N2O4/c1-32(2,3)38-31(36)34-19-22(23-10-8-9-15-29(23)34)16-21(18-33)17-30(35)37-20-28-26-13-6-4-11-24(26)25-12-5-7-14-27(25)28/h4-15,19,21,28H,16-17,20H2,1-3H3/t21-/m1/s1. The average molecular weight is 507 g/mol. The molecular formula is C32H30N2O4. The summed E-state index contributed by atoms with van der Waals surface area (Å²) in [6.45, 7) is 5.68. The van der Waals surface area contributed by atoms with Crippen LogP contribution in [0.3, 0.4) is 0 Å². The third-order valence-electron chi connectivity index (χ3n) is 6.82. The van der Waals surface area contributed by atoms with Crippen LogP contribution >= 0.6 is 0 Å². The summed E-state index contributed by atoms with van der Waals surface area (Å²) >= 11 is 0. The molecule has 1 heterocycles. The van der Waals surface area contributed by atoms with Gasteiger partial charge in [-0.15, -0.1) is 0 Å². The number of esters is 1. The number of fused-ring (bicyclic) bond motifs is 4. The second-order valence-electron chi connectivity index (χ2n) is 10.7. The van der Waals surface area contributed by atoms with Gasteiger partial charge in [0.1, 0.15) is 12.2 Å². The Morgan fingerprint density at radius 2 is 1.55 bits per heavy atom. The van der Waals surface area contributed by atoms with Gasteiger partial charge in [-0.2, -0.15) is 5.26 Å². The van der Waals surface area contributed by atoms with Crippen molar-refractivity contribution in [2.24, 2.45) is 5.92 Å². The van der Waals surface area contributed by atoms with Crippen LogP contribution < -0.4 is 0 Å². The van der Waals surface area contributed by atoms with E-state index >= 15 is 0 Å². The van der Waals surface area contributed by atoms with Crippen molar-refractivity contribution in [2.75, 3.05) is 6.61 Å². The second kappa shape index (κ2) is 10.2. The number of para-hydroxylation sites is 1. The van der Waals surface area contributed by atoms with Crippen molar-refractivity contribution in [3.05, 3.63) is 95.7 Å². The van der Waals surface area contributed by atoms with Gasteiger partial charge >= 0.3 is 12.1 Å². The van der Waals surface area contributed by atoms with Crippen LogP contribution in [0.5, 0.6) is 0 Å². The van der Waals surface area contributed by atoms with Crippen LogP contribution in [0.1, 0.15) is 49.8 Å². The van der Waals surface area contributed by atoms with E-state index in [2.05, 4.69) is 30.3 Å². The van der Waals surface area contributed by atoms with Gasteiger partial charge in [-0.3, -0.25) is 9.36 Å². The third kappa shape index (κ3) is 5.05. The van der Waals surface area contributed by atoms with Crippen molar-refractivity contribution in [1.82, 2.24) is 4.57 Å². The van der Waals surface area contributed by atoms with E-state index in [1.54, 1.807) is 6.20 Å². The Hall–Kier alpha value is -4.37. The summed E-state index contributed by atoms with van der Waals surface area (Å²) in [6.07, 6.45) is 1.51. The molecule has 0 bridgehead atoms. The van der Waals surface area contributed by atoms with Crippen LogP contribution in [0.15, 0.2) is 79.0 Å². The van der Waals surface area contributed by atoms with Gasteiger partial charge in [-0.25, -0.2) is 4.79 Å². The Bertz CT molecular complexity index is 1510. The van der Waals surface area contributed by atoms with Crippen molar-refractivity contribution < 1.29 is 19.1 Å². The molecule has 1 aliphatic rings. The molecule has 1 aliphatic carbocycles. The van der Waals surface area contributed by atoms with Crippen LogP contribution in [0, 0.1) is 17.2 Å². The van der Waals surface area contributed by atoms with Crippen molar-refractivity contribution >= 4 is 23.0 Å². The van der Waals surface area contributed by atoms with Gasteiger partial charge in [0.05, 0.1) is 23.9 Å². The van der Waals surface area contributed by atoms with E-state index in [0.29, 0.717) is 11.9 Å². The topological polar surface area (TPSA) is 81.3 Å². The largest absolute Gasteiger partial charge is 0.465 e. The molecule has 6 heteroatoms. The number of carbonyl (C=O) groups excluding carboxylic acids is 2. The lowest BCUT2D eigenvalue weighted by molar-refractivity contribution is -0.144. The Kier molecular flexibility index (Phi) is 6.77. The summed E-state index contributed by atoms with van der Waals surface area (Å²) in [7, 11) is 0. The van der Waals surface area contributed by atoms with Crippen LogP contribution in [-0.4, -0.2) is 28.8 Å². The normalized spacial score (nSPS) is 13.4. The Morgan fingerprint density at radius 1 is 0.947 bits per heavy atom. The molecule has 6 nitrogen and oxygen atoms in total. The highest BCUT2D eigenvalue weighted by molar-refractivity contribution is 5.92. The molecule has 0 amide bonds. The van der Waals surface area contributed by atoms with Crippen LogP contribution in [0.4, 0.5) is 4.79 Å². The fourth-order valence-corrected chi connectivity index (χ4v) is 5.18. The first-order valence-electron chi connectivity index (χ1n) is 12.8.